The van der Waals surface area contributed by atoms with Crippen molar-refractivity contribution < 1.29 is 18.3 Å². The average Bonchev–Trinajstić information content (AvgIpc) is 2.20. The maximum Gasteiger partial charge on any atom is 0.339 e. The van der Waals surface area contributed by atoms with E-state index >= 15 is 0 Å². The van der Waals surface area contributed by atoms with Gasteiger partial charge in [0.05, 0.1) is 12.7 Å². The normalized spacial score (nSPS) is 10.5. The number of pyridine rings is 1. The summed E-state index contributed by atoms with van der Waals surface area (Å²) >= 11 is 5.58. The number of alkyl halides is 2. The number of methoxy groups -OCH3 is 1. The Kier molecular flexibility index (Phi) is 3.57. The molecule has 0 amide bonds. The van der Waals surface area contributed by atoms with Gasteiger partial charge in [-0.15, -0.1) is 0 Å². The van der Waals surface area contributed by atoms with Crippen molar-refractivity contribution in [2.45, 2.75) is 13.3 Å². The fraction of sp³-hybridized carbons (Fsp3) is 0.333. The third-order valence-electron chi connectivity index (χ3n) is 1.93. The van der Waals surface area contributed by atoms with Crippen LogP contribution in [-0.4, -0.2) is 18.1 Å². The van der Waals surface area contributed by atoms with E-state index in [1.807, 2.05) is 0 Å². The van der Waals surface area contributed by atoms with Gasteiger partial charge in [0.15, 0.2) is 0 Å². The fourth-order valence-corrected chi connectivity index (χ4v) is 1.31. The van der Waals surface area contributed by atoms with Gasteiger partial charge < -0.3 is 4.74 Å². The number of nitrogens with zero attached hydrogens (tertiary/aromatic N) is 1. The van der Waals surface area contributed by atoms with E-state index in [1.54, 1.807) is 0 Å². The van der Waals surface area contributed by atoms with E-state index in [2.05, 4.69) is 9.72 Å². The molecule has 1 aromatic heterocycles. The van der Waals surface area contributed by atoms with Gasteiger partial charge in [-0.3, -0.25) is 0 Å². The summed E-state index contributed by atoms with van der Waals surface area (Å²) in [7, 11) is 1.11. The van der Waals surface area contributed by atoms with Crippen LogP contribution in [0.3, 0.4) is 0 Å². The van der Waals surface area contributed by atoms with Crippen LogP contribution in [-0.2, 0) is 4.74 Å². The Hall–Kier alpha value is -1.23. The summed E-state index contributed by atoms with van der Waals surface area (Å²) in [5.74, 6) is -0.849. The second-order valence-electron chi connectivity index (χ2n) is 2.79. The first-order chi connectivity index (χ1) is 6.99. The molecule has 0 unspecified atom stereocenters. The van der Waals surface area contributed by atoms with Crippen molar-refractivity contribution in [2.24, 2.45) is 0 Å². The highest BCUT2D eigenvalue weighted by atomic mass is 35.5. The molecule has 0 N–H and O–H groups in total. The maximum absolute atomic E-state index is 12.7. The van der Waals surface area contributed by atoms with Gasteiger partial charge >= 0.3 is 5.97 Å². The molecule has 15 heavy (non-hydrogen) atoms. The fourth-order valence-electron chi connectivity index (χ4n) is 1.15. The Morgan fingerprint density at radius 3 is 2.67 bits per heavy atom. The summed E-state index contributed by atoms with van der Waals surface area (Å²) < 4.78 is 29.7. The Bertz CT molecular complexity index is 396. The molecule has 0 bridgehead atoms. The molecule has 0 aromatic carbocycles. The Morgan fingerprint density at radius 1 is 1.60 bits per heavy atom. The molecular formula is C9H8ClF2NO2. The van der Waals surface area contributed by atoms with E-state index in [-0.39, 0.29) is 16.3 Å². The van der Waals surface area contributed by atoms with Crippen molar-refractivity contribution in [3.63, 3.8) is 0 Å². The van der Waals surface area contributed by atoms with Crippen LogP contribution in [0.15, 0.2) is 6.20 Å². The number of carbonyl (C=O) groups is 1. The highest BCUT2D eigenvalue weighted by molar-refractivity contribution is 6.30. The first kappa shape index (κ1) is 11.8. The van der Waals surface area contributed by atoms with Crippen LogP contribution in [0.5, 0.6) is 0 Å². The molecule has 0 atom stereocenters. The lowest BCUT2D eigenvalue weighted by molar-refractivity contribution is 0.0588. The molecule has 1 rings (SSSR count). The topological polar surface area (TPSA) is 39.2 Å². The second-order valence-corrected chi connectivity index (χ2v) is 3.15. The average molecular weight is 236 g/mol. The van der Waals surface area contributed by atoms with E-state index in [4.69, 9.17) is 11.6 Å². The molecular weight excluding hydrogens is 228 g/mol. The van der Waals surface area contributed by atoms with E-state index in [9.17, 15) is 13.6 Å². The molecule has 0 radical (unpaired) electrons. The van der Waals surface area contributed by atoms with E-state index in [1.165, 1.54) is 6.92 Å². The SMILES string of the molecule is COC(=O)c1cnc(Cl)c(C)c1C(F)F. The summed E-state index contributed by atoms with van der Waals surface area (Å²) in [4.78, 5) is 14.8. The molecule has 0 spiro atoms. The number of rotatable bonds is 2. The van der Waals surface area contributed by atoms with Gasteiger partial charge in [0.1, 0.15) is 5.15 Å². The maximum atomic E-state index is 12.7. The van der Waals surface area contributed by atoms with Crippen molar-refractivity contribution in [1.82, 2.24) is 4.98 Å². The van der Waals surface area contributed by atoms with Crippen LogP contribution in [0.4, 0.5) is 8.78 Å². The Labute approximate surface area is 90.0 Å². The molecule has 0 aliphatic rings. The lowest BCUT2D eigenvalue weighted by atomic mass is 10.1. The zero-order valence-electron chi connectivity index (χ0n) is 8.05. The monoisotopic (exact) mass is 235 g/mol. The highest BCUT2D eigenvalue weighted by Gasteiger charge is 2.23. The molecule has 6 heteroatoms. The van der Waals surface area contributed by atoms with Crippen molar-refractivity contribution in [3.05, 3.63) is 28.0 Å². The molecule has 1 aromatic rings. The van der Waals surface area contributed by atoms with Gasteiger partial charge in [0, 0.05) is 11.8 Å². The minimum Gasteiger partial charge on any atom is -0.465 e. The van der Waals surface area contributed by atoms with Gasteiger partial charge in [-0.2, -0.15) is 0 Å². The van der Waals surface area contributed by atoms with Crippen LogP contribution in [0.1, 0.15) is 27.9 Å². The number of carbonyl (C=O) groups excluding carboxylic acids is 1. The van der Waals surface area contributed by atoms with Crippen molar-refractivity contribution in [2.75, 3.05) is 7.11 Å². The molecule has 82 valence electrons. The molecule has 1 heterocycles. The van der Waals surface area contributed by atoms with Crippen LogP contribution in [0, 0.1) is 6.92 Å². The van der Waals surface area contributed by atoms with Crippen LogP contribution in [0.2, 0.25) is 5.15 Å². The Balaban J connectivity index is 3.40. The first-order valence-electron chi connectivity index (χ1n) is 4.00. The van der Waals surface area contributed by atoms with E-state index < -0.39 is 18.0 Å². The van der Waals surface area contributed by atoms with Crippen molar-refractivity contribution >= 4 is 17.6 Å². The molecule has 0 aliphatic heterocycles. The zero-order valence-corrected chi connectivity index (χ0v) is 8.81. The van der Waals surface area contributed by atoms with Crippen molar-refractivity contribution in [1.29, 1.82) is 0 Å². The number of hydrogen-bond donors (Lipinski definition) is 0. The van der Waals surface area contributed by atoms with Gasteiger partial charge in [-0.05, 0) is 12.5 Å². The lowest BCUT2D eigenvalue weighted by Crippen LogP contribution is -2.09. The van der Waals surface area contributed by atoms with Gasteiger partial charge in [-0.25, -0.2) is 18.6 Å². The van der Waals surface area contributed by atoms with Gasteiger partial charge in [0.25, 0.3) is 6.43 Å². The quantitative estimate of drug-likeness (QED) is 0.585. The van der Waals surface area contributed by atoms with Crippen LogP contribution < -0.4 is 0 Å². The van der Waals surface area contributed by atoms with Crippen LogP contribution >= 0.6 is 11.6 Å². The van der Waals surface area contributed by atoms with Crippen LogP contribution in [0.25, 0.3) is 0 Å². The number of aromatic nitrogens is 1. The largest absolute Gasteiger partial charge is 0.465 e. The minimum absolute atomic E-state index is 0.0436. The number of hydrogen-bond acceptors (Lipinski definition) is 3. The molecule has 0 saturated carbocycles. The summed E-state index contributed by atoms with van der Waals surface area (Å²) in [5, 5.41) is -0.0436. The van der Waals surface area contributed by atoms with E-state index in [0.29, 0.717) is 0 Å². The number of esters is 1. The first-order valence-corrected chi connectivity index (χ1v) is 4.38. The summed E-state index contributed by atoms with van der Waals surface area (Å²) in [6.45, 7) is 1.38. The smallest absolute Gasteiger partial charge is 0.339 e. The second kappa shape index (κ2) is 4.53. The molecule has 3 nitrogen and oxygen atoms in total. The predicted molar refractivity (Wildman–Crippen MR) is 50.3 cm³/mol. The zero-order chi connectivity index (χ0) is 11.6. The Morgan fingerprint density at radius 2 is 2.20 bits per heavy atom. The van der Waals surface area contributed by atoms with Crippen molar-refractivity contribution in [3.8, 4) is 0 Å². The third-order valence-corrected chi connectivity index (χ3v) is 2.32. The summed E-state index contributed by atoms with van der Waals surface area (Å²) in [6, 6.07) is 0. The van der Waals surface area contributed by atoms with Gasteiger partial charge in [0.2, 0.25) is 0 Å². The van der Waals surface area contributed by atoms with E-state index in [0.717, 1.165) is 13.3 Å². The third kappa shape index (κ3) is 2.23. The predicted octanol–water partition coefficient (Wildman–Crippen LogP) is 2.77. The number of ether oxygens (including phenoxy) is 1. The standard InChI is InChI=1S/C9H8ClF2NO2/c1-4-6(8(11)12)5(9(14)15-2)3-13-7(4)10/h3,8H,1-2H3. The summed E-state index contributed by atoms with van der Waals surface area (Å²) in [6.07, 6.45) is -1.80. The molecule has 0 fully saturated rings. The summed E-state index contributed by atoms with van der Waals surface area (Å²) in [5.41, 5.74) is -0.592. The molecule has 0 aliphatic carbocycles. The lowest BCUT2D eigenvalue weighted by Gasteiger charge is -2.10. The molecule has 0 saturated heterocycles. The highest BCUT2D eigenvalue weighted by Crippen LogP contribution is 2.29. The minimum atomic E-state index is -2.79. The van der Waals surface area contributed by atoms with Gasteiger partial charge in [-0.1, -0.05) is 11.6 Å². The number of halogens is 3.